The Hall–Kier alpha value is -1.47. The molecule has 19 heavy (non-hydrogen) atoms. The van der Waals surface area contributed by atoms with Gasteiger partial charge in [0.1, 0.15) is 5.01 Å². The van der Waals surface area contributed by atoms with E-state index in [1.165, 1.54) is 24.6 Å². The molecule has 0 bridgehead atoms. The van der Waals surface area contributed by atoms with Gasteiger partial charge < -0.3 is 0 Å². The van der Waals surface area contributed by atoms with Crippen LogP contribution in [0.25, 0.3) is 0 Å². The van der Waals surface area contributed by atoms with Crippen LogP contribution in [-0.2, 0) is 0 Å². The van der Waals surface area contributed by atoms with E-state index in [0.29, 0.717) is 10.8 Å². The molecule has 1 fully saturated rings. The highest BCUT2D eigenvalue weighted by Gasteiger charge is 2.28. The number of hydrogen-bond donors (Lipinski definition) is 0. The first-order valence-corrected chi connectivity index (χ1v) is 7.53. The Morgan fingerprint density at radius 1 is 1.42 bits per heavy atom. The fraction of sp³-hybridized carbons (Fsp3) is 0.333. The van der Waals surface area contributed by atoms with Crippen molar-refractivity contribution in [3.8, 4) is 0 Å². The SMILES string of the molecule is Cc1ccc(Sc2nnc(C3CC3)s2)c([N+](=O)[O-])c1. The number of rotatable bonds is 4. The second kappa shape index (κ2) is 4.90. The van der Waals surface area contributed by atoms with E-state index in [9.17, 15) is 10.1 Å². The van der Waals surface area contributed by atoms with Crippen molar-refractivity contribution in [1.29, 1.82) is 0 Å². The van der Waals surface area contributed by atoms with Crippen molar-refractivity contribution in [1.82, 2.24) is 10.2 Å². The van der Waals surface area contributed by atoms with Crippen LogP contribution in [0.2, 0.25) is 0 Å². The molecule has 0 amide bonds. The lowest BCUT2D eigenvalue weighted by Gasteiger charge is -2.00. The molecule has 1 aliphatic carbocycles. The molecule has 3 rings (SSSR count). The van der Waals surface area contributed by atoms with Crippen molar-refractivity contribution in [2.24, 2.45) is 0 Å². The molecule has 98 valence electrons. The maximum atomic E-state index is 11.0. The van der Waals surface area contributed by atoms with Gasteiger partial charge in [-0.1, -0.05) is 29.2 Å². The smallest absolute Gasteiger partial charge is 0.258 e. The number of nitro groups is 1. The number of hydrogen-bond acceptors (Lipinski definition) is 6. The predicted molar refractivity (Wildman–Crippen MR) is 73.8 cm³/mol. The minimum atomic E-state index is -0.349. The Balaban J connectivity index is 1.87. The predicted octanol–water partition coefficient (Wildman–Crippen LogP) is 3.78. The number of aromatic nitrogens is 2. The van der Waals surface area contributed by atoms with E-state index >= 15 is 0 Å². The first-order chi connectivity index (χ1) is 9.13. The van der Waals surface area contributed by atoms with Gasteiger partial charge in [-0.3, -0.25) is 10.1 Å². The van der Waals surface area contributed by atoms with E-state index < -0.39 is 0 Å². The van der Waals surface area contributed by atoms with Crippen LogP contribution < -0.4 is 0 Å². The Labute approximate surface area is 118 Å². The van der Waals surface area contributed by atoms with Gasteiger partial charge in [-0.05, 0) is 31.4 Å². The molecule has 5 nitrogen and oxygen atoms in total. The highest BCUT2D eigenvalue weighted by molar-refractivity contribution is 8.01. The van der Waals surface area contributed by atoms with Gasteiger partial charge in [-0.25, -0.2) is 0 Å². The molecule has 0 spiro atoms. The lowest BCUT2D eigenvalue weighted by molar-refractivity contribution is -0.387. The number of aryl methyl sites for hydroxylation is 1. The third-order valence-corrected chi connectivity index (χ3v) is 5.06. The molecule has 0 N–H and O–H groups in total. The summed E-state index contributed by atoms with van der Waals surface area (Å²) < 4.78 is 0.772. The fourth-order valence-corrected chi connectivity index (χ4v) is 3.79. The molecule has 0 atom stereocenters. The van der Waals surface area contributed by atoms with Crippen molar-refractivity contribution >= 4 is 28.8 Å². The van der Waals surface area contributed by atoms with Gasteiger partial charge in [-0.15, -0.1) is 10.2 Å². The maximum Gasteiger partial charge on any atom is 0.283 e. The van der Waals surface area contributed by atoms with E-state index in [0.717, 1.165) is 14.9 Å². The van der Waals surface area contributed by atoms with Crippen LogP contribution >= 0.6 is 23.1 Å². The second-order valence-corrected chi connectivity index (χ2v) is 6.81. The van der Waals surface area contributed by atoms with Crippen LogP contribution in [0.3, 0.4) is 0 Å². The number of nitrogens with zero attached hydrogens (tertiary/aromatic N) is 3. The fourth-order valence-electron chi connectivity index (χ4n) is 1.71. The van der Waals surface area contributed by atoms with Crippen molar-refractivity contribution in [3.05, 3.63) is 38.9 Å². The molecule has 0 radical (unpaired) electrons. The maximum absolute atomic E-state index is 11.0. The Bertz CT molecular complexity index is 638. The monoisotopic (exact) mass is 293 g/mol. The molecule has 0 aliphatic heterocycles. The van der Waals surface area contributed by atoms with Crippen LogP contribution in [0, 0.1) is 17.0 Å². The molecule has 1 saturated carbocycles. The average Bonchev–Trinajstić information content (AvgIpc) is 3.12. The van der Waals surface area contributed by atoms with Crippen LogP contribution in [-0.4, -0.2) is 15.1 Å². The molecule has 1 aliphatic rings. The van der Waals surface area contributed by atoms with E-state index in [1.807, 2.05) is 13.0 Å². The van der Waals surface area contributed by atoms with Gasteiger partial charge in [0.05, 0.1) is 9.82 Å². The lowest BCUT2D eigenvalue weighted by Crippen LogP contribution is -1.91. The molecular weight excluding hydrogens is 282 g/mol. The summed E-state index contributed by atoms with van der Waals surface area (Å²) in [5.41, 5.74) is 1.01. The Kier molecular flexibility index (Phi) is 3.24. The normalized spacial score (nSPS) is 14.6. The summed E-state index contributed by atoms with van der Waals surface area (Å²) in [5, 5.41) is 20.3. The topological polar surface area (TPSA) is 68.9 Å². The first-order valence-electron chi connectivity index (χ1n) is 5.90. The summed E-state index contributed by atoms with van der Waals surface area (Å²) in [4.78, 5) is 11.3. The molecule has 0 unspecified atom stereocenters. The van der Waals surface area contributed by atoms with Crippen molar-refractivity contribution < 1.29 is 4.92 Å². The standard InChI is InChI=1S/C12H11N3O2S2/c1-7-2-5-10(9(6-7)15(16)17)18-12-14-13-11(19-12)8-3-4-8/h2,5-6,8H,3-4H2,1H3. The molecule has 1 heterocycles. The quantitative estimate of drug-likeness (QED) is 0.633. The summed E-state index contributed by atoms with van der Waals surface area (Å²) in [5.74, 6) is 0.569. The minimum absolute atomic E-state index is 0.133. The second-order valence-electron chi connectivity index (χ2n) is 4.51. The van der Waals surface area contributed by atoms with E-state index in [1.54, 1.807) is 23.5 Å². The zero-order valence-corrected chi connectivity index (χ0v) is 11.8. The zero-order valence-electron chi connectivity index (χ0n) is 10.2. The molecule has 1 aromatic carbocycles. The van der Waals surface area contributed by atoms with Gasteiger partial charge in [0.15, 0.2) is 4.34 Å². The van der Waals surface area contributed by atoms with Crippen molar-refractivity contribution in [2.45, 2.75) is 34.9 Å². The zero-order chi connectivity index (χ0) is 13.4. The largest absolute Gasteiger partial charge is 0.283 e. The summed E-state index contributed by atoms with van der Waals surface area (Å²) >= 11 is 2.86. The first kappa shape index (κ1) is 12.6. The highest BCUT2D eigenvalue weighted by Crippen LogP contribution is 2.44. The van der Waals surface area contributed by atoms with Gasteiger partial charge >= 0.3 is 0 Å². The molecule has 7 heteroatoms. The van der Waals surface area contributed by atoms with Crippen LogP contribution in [0.1, 0.15) is 29.3 Å². The van der Waals surface area contributed by atoms with Gasteiger partial charge in [0.25, 0.3) is 5.69 Å². The number of nitro benzene ring substituents is 1. The van der Waals surface area contributed by atoms with Crippen molar-refractivity contribution in [3.63, 3.8) is 0 Å². The third kappa shape index (κ3) is 2.76. The van der Waals surface area contributed by atoms with Gasteiger partial charge in [0.2, 0.25) is 0 Å². The van der Waals surface area contributed by atoms with E-state index in [4.69, 9.17) is 0 Å². The summed E-state index contributed by atoms with van der Waals surface area (Å²) in [7, 11) is 0. The lowest BCUT2D eigenvalue weighted by atomic mass is 10.2. The molecular formula is C12H11N3O2S2. The van der Waals surface area contributed by atoms with E-state index in [2.05, 4.69) is 10.2 Å². The van der Waals surface area contributed by atoms with Gasteiger partial charge in [0, 0.05) is 12.0 Å². The molecule has 2 aromatic rings. The summed E-state index contributed by atoms with van der Waals surface area (Å²) in [6.45, 7) is 1.84. The van der Waals surface area contributed by atoms with Crippen molar-refractivity contribution in [2.75, 3.05) is 0 Å². The van der Waals surface area contributed by atoms with Crippen LogP contribution in [0.15, 0.2) is 27.4 Å². The third-order valence-electron chi connectivity index (χ3n) is 2.86. The summed E-state index contributed by atoms with van der Waals surface area (Å²) in [6.07, 6.45) is 2.37. The van der Waals surface area contributed by atoms with Crippen LogP contribution in [0.5, 0.6) is 0 Å². The van der Waals surface area contributed by atoms with Gasteiger partial charge in [-0.2, -0.15) is 0 Å². The molecule has 1 aromatic heterocycles. The Morgan fingerprint density at radius 3 is 2.89 bits per heavy atom. The van der Waals surface area contributed by atoms with E-state index in [-0.39, 0.29) is 10.6 Å². The average molecular weight is 293 g/mol. The minimum Gasteiger partial charge on any atom is -0.258 e. The summed E-state index contributed by atoms with van der Waals surface area (Å²) in [6, 6.07) is 5.24. The highest BCUT2D eigenvalue weighted by atomic mass is 32.2. The number of benzene rings is 1. The van der Waals surface area contributed by atoms with Crippen LogP contribution in [0.4, 0.5) is 5.69 Å². The molecule has 0 saturated heterocycles. The Morgan fingerprint density at radius 2 is 2.21 bits per heavy atom.